The highest BCUT2D eigenvalue weighted by Crippen LogP contribution is 2.27. The van der Waals surface area contributed by atoms with Crippen LogP contribution in [0.2, 0.25) is 0 Å². The second-order valence-electron chi connectivity index (χ2n) is 6.73. The van der Waals surface area contributed by atoms with Gasteiger partial charge in [0.25, 0.3) is 0 Å². The van der Waals surface area contributed by atoms with E-state index in [0.29, 0.717) is 28.5 Å². The number of anilines is 3. The summed E-state index contributed by atoms with van der Waals surface area (Å²) in [5, 5.41) is 14.2. The van der Waals surface area contributed by atoms with E-state index in [9.17, 15) is 8.78 Å². The molecule has 29 heavy (non-hydrogen) atoms. The fourth-order valence-electron chi connectivity index (χ4n) is 3.02. The Bertz CT molecular complexity index is 1140. The molecule has 4 rings (SSSR count). The Labute approximate surface area is 166 Å². The Morgan fingerprint density at radius 1 is 1.00 bits per heavy atom. The van der Waals surface area contributed by atoms with Gasteiger partial charge in [-0.05, 0) is 43.2 Å². The lowest BCUT2D eigenvalue weighted by molar-refractivity contribution is 0.626. The van der Waals surface area contributed by atoms with Crippen molar-refractivity contribution in [2.24, 2.45) is 0 Å². The molecule has 0 aliphatic carbocycles. The number of nitrogens with one attached hydrogen (secondary N) is 3. The van der Waals surface area contributed by atoms with Crippen molar-refractivity contribution in [1.29, 1.82) is 0 Å². The maximum atomic E-state index is 13.8. The fraction of sp³-hybridized carbons (Fsp3) is 0.190. The summed E-state index contributed by atoms with van der Waals surface area (Å²) in [7, 11) is 0. The summed E-state index contributed by atoms with van der Waals surface area (Å²) in [6.45, 7) is 3.94. The molecule has 0 amide bonds. The summed E-state index contributed by atoms with van der Waals surface area (Å²) in [5.74, 6) is 0.776. The molecule has 1 atom stereocenters. The lowest BCUT2D eigenvalue weighted by Crippen LogP contribution is -2.11. The van der Waals surface area contributed by atoms with Crippen LogP contribution in [-0.4, -0.2) is 20.2 Å². The van der Waals surface area contributed by atoms with Crippen LogP contribution in [0.1, 0.15) is 31.1 Å². The van der Waals surface area contributed by atoms with E-state index in [1.807, 2.05) is 19.9 Å². The van der Waals surface area contributed by atoms with Crippen LogP contribution >= 0.6 is 0 Å². The van der Waals surface area contributed by atoms with E-state index in [1.54, 1.807) is 18.2 Å². The minimum atomic E-state index is -0.382. The summed E-state index contributed by atoms with van der Waals surface area (Å²) in [6.07, 6.45) is 0.826. The van der Waals surface area contributed by atoms with Crippen LogP contribution in [0.4, 0.5) is 26.4 Å². The third-order valence-corrected chi connectivity index (χ3v) is 4.63. The normalized spacial score (nSPS) is 12.1. The second-order valence-corrected chi connectivity index (χ2v) is 6.73. The maximum absolute atomic E-state index is 13.8. The van der Waals surface area contributed by atoms with E-state index < -0.39 is 0 Å². The molecule has 0 radical (unpaired) electrons. The summed E-state index contributed by atoms with van der Waals surface area (Å²) in [5.41, 5.74) is 2.33. The van der Waals surface area contributed by atoms with Crippen molar-refractivity contribution in [2.75, 3.05) is 10.6 Å². The number of hydrogen-bond acceptors (Lipinski definition) is 5. The third-order valence-electron chi connectivity index (χ3n) is 4.63. The number of halogens is 2. The summed E-state index contributed by atoms with van der Waals surface area (Å²) >= 11 is 0. The Morgan fingerprint density at radius 2 is 1.76 bits per heavy atom. The average Bonchev–Trinajstić information content (AvgIpc) is 3.15. The highest BCUT2D eigenvalue weighted by molar-refractivity contribution is 5.91. The van der Waals surface area contributed by atoms with Gasteiger partial charge >= 0.3 is 0 Å². The van der Waals surface area contributed by atoms with Crippen molar-refractivity contribution < 1.29 is 8.78 Å². The van der Waals surface area contributed by atoms with E-state index >= 15 is 0 Å². The molecule has 6 nitrogen and oxygen atoms in total. The van der Waals surface area contributed by atoms with E-state index in [0.717, 1.165) is 17.7 Å². The molecule has 0 aliphatic heterocycles. The molecule has 2 aromatic heterocycles. The number of benzene rings is 2. The van der Waals surface area contributed by atoms with E-state index in [4.69, 9.17) is 0 Å². The van der Waals surface area contributed by atoms with Gasteiger partial charge in [0.2, 0.25) is 5.95 Å². The maximum Gasteiger partial charge on any atom is 0.225 e. The van der Waals surface area contributed by atoms with Crippen LogP contribution < -0.4 is 10.6 Å². The Kier molecular flexibility index (Phi) is 5.07. The van der Waals surface area contributed by atoms with Gasteiger partial charge < -0.3 is 10.6 Å². The molecule has 0 fully saturated rings. The summed E-state index contributed by atoms with van der Waals surface area (Å²) in [6, 6.07) is 12.3. The van der Waals surface area contributed by atoms with Crippen molar-refractivity contribution in [1.82, 2.24) is 20.2 Å². The lowest BCUT2D eigenvalue weighted by atomic mass is 10.1. The molecule has 0 saturated heterocycles. The molecule has 2 heterocycles. The van der Waals surface area contributed by atoms with Gasteiger partial charge in [-0.1, -0.05) is 19.1 Å². The second kappa shape index (κ2) is 7.83. The number of H-pyrrole nitrogens is 1. The predicted molar refractivity (Wildman–Crippen MR) is 109 cm³/mol. The number of fused-ring (bicyclic) bond motifs is 1. The number of hydrogen-bond donors (Lipinski definition) is 3. The molecule has 8 heteroatoms. The molecule has 148 valence electrons. The van der Waals surface area contributed by atoms with Gasteiger partial charge in [0.15, 0.2) is 5.82 Å². The average molecular weight is 394 g/mol. The molecular weight excluding hydrogens is 374 g/mol. The van der Waals surface area contributed by atoms with Crippen LogP contribution in [0.15, 0.2) is 48.5 Å². The van der Waals surface area contributed by atoms with Gasteiger partial charge in [-0.25, -0.2) is 13.8 Å². The van der Waals surface area contributed by atoms with Crippen molar-refractivity contribution in [3.63, 3.8) is 0 Å². The standard InChI is InChI=1S/C21H20F2N6/c1-3-16-11-19(29-28-16)26-20-17-9-8-15(23)10-18(17)25-21(27-20)24-12(2)13-4-6-14(22)7-5-13/h4-12H,3H2,1-2H3,(H3,24,25,26,27,28,29)/t12-/m0/s1. The predicted octanol–water partition coefficient (Wildman–Crippen LogP) is 5.11. The number of aromatic amines is 1. The molecule has 0 bridgehead atoms. The van der Waals surface area contributed by atoms with Gasteiger partial charge in [-0.3, -0.25) is 5.10 Å². The molecule has 0 aliphatic rings. The van der Waals surface area contributed by atoms with Crippen molar-refractivity contribution in [2.45, 2.75) is 26.3 Å². The summed E-state index contributed by atoms with van der Waals surface area (Å²) in [4.78, 5) is 9.00. The zero-order valence-corrected chi connectivity index (χ0v) is 16.0. The van der Waals surface area contributed by atoms with Crippen molar-refractivity contribution >= 4 is 28.5 Å². The van der Waals surface area contributed by atoms with Gasteiger partial charge in [0.05, 0.1) is 11.6 Å². The molecular formula is C21H20F2N6. The van der Waals surface area contributed by atoms with E-state index in [-0.39, 0.29) is 17.7 Å². The van der Waals surface area contributed by atoms with Crippen LogP contribution in [0.3, 0.4) is 0 Å². The Hall–Kier alpha value is -3.55. The van der Waals surface area contributed by atoms with E-state index in [2.05, 4.69) is 30.8 Å². The number of nitrogens with zero attached hydrogens (tertiary/aromatic N) is 3. The van der Waals surface area contributed by atoms with Gasteiger partial charge in [-0.2, -0.15) is 10.1 Å². The minimum Gasteiger partial charge on any atom is -0.348 e. The first kappa shape index (κ1) is 18.8. The van der Waals surface area contributed by atoms with Gasteiger partial charge in [0.1, 0.15) is 17.5 Å². The fourth-order valence-corrected chi connectivity index (χ4v) is 3.02. The zero-order valence-electron chi connectivity index (χ0n) is 16.0. The Morgan fingerprint density at radius 3 is 2.48 bits per heavy atom. The van der Waals surface area contributed by atoms with E-state index in [1.165, 1.54) is 24.3 Å². The van der Waals surface area contributed by atoms with Crippen LogP contribution in [0, 0.1) is 11.6 Å². The van der Waals surface area contributed by atoms with Crippen molar-refractivity contribution in [3.8, 4) is 0 Å². The first-order chi connectivity index (χ1) is 14.0. The SMILES string of the molecule is CCc1cc(Nc2nc(N[C@@H](C)c3ccc(F)cc3)nc3cc(F)ccc23)n[nH]1. The van der Waals surface area contributed by atoms with Crippen molar-refractivity contribution in [3.05, 3.63) is 71.4 Å². The number of aryl methyl sites for hydroxylation is 1. The first-order valence-corrected chi connectivity index (χ1v) is 9.32. The lowest BCUT2D eigenvalue weighted by Gasteiger charge is -2.16. The molecule has 0 saturated carbocycles. The molecule has 4 aromatic rings. The third kappa shape index (κ3) is 4.16. The van der Waals surface area contributed by atoms with Gasteiger partial charge in [-0.15, -0.1) is 0 Å². The molecule has 3 N–H and O–H groups in total. The topological polar surface area (TPSA) is 78.5 Å². The minimum absolute atomic E-state index is 0.175. The molecule has 0 spiro atoms. The smallest absolute Gasteiger partial charge is 0.225 e. The van der Waals surface area contributed by atoms with Gasteiger partial charge in [0, 0.05) is 23.2 Å². The molecule has 2 aromatic carbocycles. The summed E-state index contributed by atoms with van der Waals surface area (Å²) < 4.78 is 27.0. The number of aromatic nitrogens is 4. The quantitative estimate of drug-likeness (QED) is 0.424. The van der Waals surface area contributed by atoms with Crippen LogP contribution in [0.5, 0.6) is 0 Å². The Balaban J connectivity index is 1.69. The zero-order chi connectivity index (χ0) is 20.4. The molecule has 0 unspecified atom stereocenters. The van der Waals surface area contributed by atoms with Crippen LogP contribution in [0.25, 0.3) is 10.9 Å². The highest BCUT2D eigenvalue weighted by atomic mass is 19.1. The highest BCUT2D eigenvalue weighted by Gasteiger charge is 2.13. The van der Waals surface area contributed by atoms with Crippen LogP contribution in [-0.2, 0) is 6.42 Å². The monoisotopic (exact) mass is 394 g/mol. The first-order valence-electron chi connectivity index (χ1n) is 9.32. The largest absolute Gasteiger partial charge is 0.348 e. The number of rotatable bonds is 6.